The van der Waals surface area contributed by atoms with Crippen LogP contribution in [0.15, 0.2) is 17.8 Å². The van der Waals surface area contributed by atoms with Crippen LogP contribution in [-0.2, 0) is 38.0 Å². The summed E-state index contributed by atoms with van der Waals surface area (Å²) in [6, 6.07) is -3.06. The van der Waals surface area contributed by atoms with E-state index in [1.165, 1.54) is 6.08 Å². The van der Waals surface area contributed by atoms with E-state index in [1.807, 2.05) is 0 Å². The molecule has 0 spiro atoms. The number of ether oxygens (including phenoxy) is 6. The van der Waals surface area contributed by atoms with Crippen molar-refractivity contribution in [1.29, 1.82) is 0 Å². The van der Waals surface area contributed by atoms with Gasteiger partial charge in [-0.15, -0.1) is 6.58 Å². The van der Waals surface area contributed by atoms with Gasteiger partial charge >= 0.3 is 5.97 Å². The highest BCUT2D eigenvalue weighted by molar-refractivity contribution is 5.76. The van der Waals surface area contributed by atoms with Gasteiger partial charge in [0.1, 0.15) is 67.1 Å². The van der Waals surface area contributed by atoms with E-state index in [2.05, 4.69) is 21.9 Å². The number of aliphatic hydroxyl groups excluding tert-OH is 9. The molecule has 16 atom stereocenters. The monoisotopic (exact) mass is 698 g/mol. The molecule has 0 unspecified atom stereocenters. The molecule has 22 heteroatoms. The Morgan fingerprint density at radius 2 is 1.67 bits per heavy atom. The lowest BCUT2D eigenvalue weighted by Crippen LogP contribution is -2.70. The molecule has 11 N–H and O–H groups in total. The van der Waals surface area contributed by atoms with Crippen LogP contribution in [0.1, 0.15) is 13.3 Å². The highest BCUT2D eigenvalue weighted by Gasteiger charge is 2.60. The van der Waals surface area contributed by atoms with Gasteiger partial charge in [-0.2, -0.15) is 0 Å². The Balaban J connectivity index is 1.99. The Morgan fingerprint density at radius 3 is 2.19 bits per heavy atom. The molecule has 3 heterocycles. The Hall–Kier alpha value is -2.61. The van der Waals surface area contributed by atoms with Gasteiger partial charge in [-0.05, 0) is 5.53 Å². The fourth-order valence-electron chi connectivity index (χ4n) is 5.62. The number of rotatable bonds is 15. The topological polar surface area (TPSA) is 353 Å². The third-order valence-corrected chi connectivity index (χ3v) is 8.01. The van der Waals surface area contributed by atoms with Crippen molar-refractivity contribution in [2.45, 2.75) is 111 Å². The average molecular weight is 699 g/mol. The number of nitrogens with zero attached hydrogens (tertiary/aromatic N) is 3. The molecular formula is C26H42N4O18. The number of carboxylic acid groups (broad SMARTS) is 1. The Bertz CT molecular complexity index is 1150. The first-order chi connectivity index (χ1) is 22.7. The minimum atomic E-state index is -3.04. The van der Waals surface area contributed by atoms with Gasteiger partial charge in [-0.3, -0.25) is 4.79 Å². The second-order valence-electron chi connectivity index (χ2n) is 11.3. The summed E-state index contributed by atoms with van der Waals surface area (Å²) in [7, 11) is 0. The van der Waals surface area contributed by atoms with Crippen molar-refractivity contribution in [3.8, 4) is 0 Å². The van der Waals surface area contributed by atoms with E-state index >= 15 is 0 Å². The summed E-state index contributed by atoms with van der Waals surface area (Å²) in [6.07, 6.45) is -23.9. The minimum absolute atomic E-state index is 0.142. The van der Waals surface area contributed by atoms with Gasteiger partial charge in [-0.1, -0.05) is 11.2 Å². The minimum Gasteiger partial charge on any atom is -0.477 e. The molecule has 0 aliphatic carbocycles. The van der Waals surface area contributed by atoms with Crippen molar-refractivity contribution >= 4 is 11.9 Å². The fourth-order valence-corrected chi connectivity index (χ4v) is 5.62. The molecule has 274 valence electrons. The number of nitrogens with one attached hydrogen (secondary N) is 1. The van der Waals surface area contributed by atoms with Crippen LogP contribution >= 0.6 is 0 Å². The third-order valence-electron chi connectivity index (χ3n) is 8.01. The maximum Gasteiger partial charge on any atom is 0.364 e. The highest BCUT2D eigenvalue weighted by Crippen LogP contribution is 2.38. The first-order valence-electron chi connectivity index (χ1n) is 14.7. The predicted octanol–water partition coefficient (Wildman–Crippen LogP) is -5.70. The number of hydrogen-bond donors (Lipinski definition) is 11. The maximum atomic E-state index is 12.7. The number of azide groups is 1. The number of hydrogen-bond acceptors (Lipinski definition) is 18. The molecule has 0 radical (unpaired) electrons. The van der Waals surface area contributed by atoms with Gasteiger partial charge in [0, 0.05) is 18.3 Å². The summed E-state index contributed by atoms with van der Waals surface area (Å²) < 4.78 is 33.3. The number of carbonyl (C=O) groups excluding carboxylic acids is 1. The van der Waals surface area contributed by atoms with Gasteiger partial charge in [0.15, 0.2) is 12.6 Å². The van der Waals surface area contributed by atoms with E-state index in [1.54, 1.807) is 0 Å². The molecule has 3 aliphatic rings. The summed E-state index contributed by atoms with van der Waals surface area (Å²) >= 11 is 0. The van der Waals surface area contributed by atoms with Crippen molar-refractivity contribution in [3.63, 3.8) is 0 Å². The fraction of sp³-hybridized carbons (Fsp3) is 0.846. The van der Waals surface area contributed by atoms with E-state index in [4.69, 9.17) is 28.4 Å². The first-order valence-corrected chi connectivity index (χ1v) is 14.7. The summed E-state index contributed by atoms with van der Waals surface area (Å²) in [5.41, 5.74) is 9.18. The van der Waals surface area contributed by atoms with E-state index < -0.39 is 136 Å². The number of aliphatic carboxylic acids is 1. The normalized spacial score (nSPS) is 41.4. The smallest absolute Gasteiger partial charge is 0.364 e. The standard InChI is InChI=1S/C26H42N4O18/c1-3-4-43-23-15(29-30-27)20(17(38)12(7-32)44-23)46-24-19(40)22(18(39)13(8-33)45-24)48-26(25(41)42)5-10(35)14(28-9(2)34)21(47-26)16(37)11(36)6-31/h3,10-24,31-33,35-40H,1,4-8H2,2H3,(H,28,34)(H,41,42)/t10-,11+,12+,13+,14+,15+,16+,17-,18-,19+,20+,21+,22-,23+,24-,26-/m0/s1. The van der Waals surface area contributed by atoms with Crippen molar-refractivity contribution < 1.29 is 89.1 Å². The van der Waals surface area contributed by atoms with Crippen molar-refractivity contribution in [2.75, 3.05) is 26.4 Å². The molecule has 3 fully saturated rings. The second-order valence-corrected chi connectivity index (χ2v) is 11.3. The van der Waals surface area contributed by atoms with E-state index in [9.17, 15) is 66.2 Å². The molecule has 3 aliphatic heterocycles. The zero-order valence-electron chi connectivity index (χ0n) is 25.6. The molecule has 0 aromatic rings. The molecule has 0 aromatic heterocycles. The molecule has 3 saturated heterocycles. The third kappa shape index (κ3) is 8.57. The summed E-state index contributed by atoms with van der Waals surface area (Å²) in [4.78, 5) is 27.2. The van der Waals surface area contributed by atoms with E-state index in [0.29, 0.717) is 0 Å². The molecular weight excluding hydrogens is 656 g/mol. The Kier molecular flexibility index (Phi) is 14.4. The first kappa shape index (κ1) is 39.8. The van der Waals surface area contributed by atoms with Gasteiger partial charge in [0.05, 0.1) is 38.6 Å². The lowest BCUT2D eigenvalue weighted by Gasteiger charge is -2.50. The molecule has 48 heavy (non-hydrogen) atoms. The number of carbonyl (C=O) groups is 2. The molecule has 0 bridgehead atoms. The Morgan fingerprint density at radius 1 is 1.06 bits per heavy atom. The number of amides is 1. The van der Waals surface area contributed by atoms with E-state index in [-0.39, 0.29) is 6.61 Å². The number of aliphatic hydroxyl groups is 9. The van der Waals surface area contributed by atoms with Gasteiger partial charge < -0.3 is 84.8 Å². The molecule has 22 nitrogen and oxygen atoms in total. The van der Waals surface area contributed by atoms with Crippen LogP contribution in [-0.4, -0.2) is 187 Å². The van der Waals surface area contributed by atoms with Crippen molar-refractivity contribution in [3.05, 3.63) is 23.1 Å². The number of carboxylic acids is 1. The van der Waals surface area contributed by atoms with Crippen LogP contribution in [0.3, 0.4) is 0 Å². The van der Waals surface area contributed by atoms with Gasteiger partial charge in [-0.25, -0.2) is 4.79 Å². The predicted molar refractivity (Wildman–Crippen MR) is 151 cm³/mol. The largest absolute Gasteiger partial charge is 0.477 e. The van der Waals surface area contributed by atoms with Crippen molar-refractivity contribution in [1.82, 2.24) is 5.32 Å². The summed E-state index contributed by atoms with van der Waals surface area (Å²) in [5, 5.41) is 110. The van der Waals surface area contributed by atoms with E-state index in [0.717, 1.165) is 6.92 Å². The molecule has 1 amide bonds. The average Bonchev–Trinajstić information content (AvgIpc) is 3.05. The maximum absolute atomic E-state index is 12.7. The van der Waals surface area contributed by atoms with Gasteiger partial charge in [0.2, 0.25) is 5.91 Å². The molecule has 0 aromatic carbocycles. The Labute approximate surface area is 272 Å². The second kappa shape index (κ2) is 17.4. The molecule has 0 saturated carbocycles. The van der Waals surface area contributed by atoms with Crippen LogP contribution < -0.4 is 5.32 Å². The van der Waals surface area contributed by atoms with Gasteiger partial charge in [0.25, 0.3) is 5.79 Å². The highest BCUT2D eigenvalue weighted by atomic mass is 16.8. The zero-order valence-corrected chi connectivity index (χ0v) is 25.6. The lowest BCUT2D eigenvalue weighted by atomic mass is 9.88. The van der Waals surface area contributed by atoms with Crippen LogP contribution in [0, 0.1) is 0 Å². The van der Waals surface area contributed by atoms with Crippen LogP contribution in [0.25, 0.3) is 10.4 Å². The van der Waals surface area contributed by atoms with Crippen LogP contribution in [0.2, 0.25) is 0 Å². The SMILES string of the molecule is C=CCO[C@@H]1O[C@H](CO)[C@H](O)[C@H](O[C@@H]2O[C@H](CO)[C@H](O)[C@H](O[C@]3(C(=O)O)C[C@H](O)[C@@H](NC(C)=O)[C@H]([C@H](O)[C@H](O)CO)O3)[C@H]2O)[C@H]1N=[N+]=[N-]. The molecule has 3 rings (SSSR count). The van der Waals surface area contributed by atoms with Crippen LogP contribution in [0.5, 0.6) is 0 Å². The van der Waals surface area contributed by atoms with Crippen LogP contribution in [0.4, 0.5) is 0 Å². The quantitative estimate of drug-likeness (QED) is 0.0328. The van der Waals surface area contributed by atoms with Crippen molar-refractivity contribution in [2.24, 2.45) is 5.11 Å². The summed E-state index contributed by atoms with van der Waals surface area (Å²) in [6.45, 7) is 1.57. The zero-order chi connectivity index (χ0) is 35.9. The lowest BCUT2D eigenvalue weighted by molar-refractivity contribution is -0.380. The summed E-state index contributed by atoms with van der Waals surface area (Å²) in [5.74, 6) is -5.77.